The Morgan fingerprint density at radius 1 is 0.970 bits per heavy atom. The van der Waals surface area contributed by atoms with E-state index in [1.165, 1.54) is 35.1 Å². The molecule has 1 unspecified atom stereocenters. The van der Waals surface area contributed by atoms with E-state index < -0.39 is 0 Å². The van der Waals surface area contributed by atoms with Gasteiger partial charge in [0.25, 0.3) is 5.91 Å². The number of benzene rings is 2. The molecule has 3 aromatic rings. The normalized spacial score (nSPS) is 17.4. The highest BCUT2D eigenvalue weighted by atomic mass is 16.1. The predicted molar refractivity (Wildman–Crippen MR) is 138 cm³/mol. The zero-order valence-electron chi connectivity index (χ0n) is 21.0. The molecular weight excluding hydrogens is 404 g/mol. The summed E-state index contributed by atoms with van der Waals surface area (Å²) >= 11 is 0. The molecular formula is C30H38N2O. The van der Waals surface area contributed by atoms with Crippen molar-refractivity contribution in [2.75, 3.05) is 0 Å². The monoisotopic (exact) mass is 442 g/mol. The van der Waals surface area contributed by atoms with Crippen molar-refractivity contribution >= 4 is 5.91 Å². The molecule has 0 radical (unpaired) electrons. The summed E-state index contributed by atoms with van der Waals surface area (Å²) in [4.78, 5) is 12.3. The lowest BCUT2D eigenvalue weighted by atomic mass is 9.63. The van der Waals surface area contributed by atoms with E-state index in [0.29, 0.717) is 5.56 Å². The summed E-state index contributed by atoms with van der Waals surface area (Å²) < 4.78 is 2.33. The highest BCUT2D eigenvalue weighted by Crippen LogP contribution is 2.47. The second-order valence-corrected chi connectivity index (χ2v) is 11.2. The lowest BCUT2D eigenvalue weighted by molar-refractivity contribution is 0.0999. The Labute approximate surface area is 199 Å². The van der Waals surface area contributed by atoms with Crippen molar-refractivity contribution in [1.82, 2.24) is 4.57 Å². The van der Waals surface area contributed by atoms with Gasteiger partial charge in [-0.05, 0) is 84.7 Å². The lowest BCUT2D eigenvalue weighted by Gasteiger charge is -2.42. The number of carbonyl (C=O) groups excluding carboxylic acids is 1. The summed E-state index contributed by atoms with van der Waals surface area (Å²) in [5, 5.41) is 0. The number of carbonyl (C=O) groups is 1. The maximum atomic E-state index is 12.3. The molecule has 174 valence electrons. The molecule has 2 aromatic carbocycles. The molecule has 2 N–H and O–H groups in total. The van der Waals surface area contributed by atoms with Gasteiger partial charge >= 0.3 is 0 Å². The number of amides is 1. The summed E-state index contributed by atoms with van der Waals surface area (Å²) in [5.74, 6) is -0.359. The third kappa shape index (κ3) is 4.38. The van der Waals surface area contributed by atoms with Crippen LogP contribution in [0.3, 0.4) is 0 Å². The van der Waals surface area contributed by atoms with Gasteiger partial charge in [-0.3, -0.25) is 4.79 Å². The summed E-state index contributed by atoms with van der Waals surface area (Å²) in [5.41, 5.74) is 14.1. The van der Waals surface area contributed by atoms with Gasteiger partial charge in [0.1, 0.15) is 0 Å². The fourth-order valence-electron chi connectivity index (χ4n) is 5.56. The number of nitrogens with zero attached hydrogens (tertiary/aromatic N) is 1. The van der Waals surface area contributed by atoms with Crippen LogP contribution in [0.1, 0.15) is 92.7 Å². The first-order chi connectivity index (χ1) is 15.5. The predicted octanol–water partition coefficient (Wildman–Crippen LogP) is 7.11. The zero-order chi connectivity index (χ0) is 24.0. The summed E-state index contributed by atoms with van der Waals surface area (Å²) in [6.45, 7) is 13.7. The molecule has 3 heteroatoms. The number of rotatable bonds is 6. The van der Waals surface area contributed by atoms with Gasteiger partial charge in [-0.1, -0.05) is 70.2 Å². The molecule has 1 amide bonds. The van der Waals surface area contributed by atoms with Crippen LogP contribution in [0.2, 0.25) is 0 Å². The second kappa shape index (κ2) is 8.52. The number of nitrogens with two attached hydrogens (primary N) is 1. The Kier molecular flexibility index (Phi) is 6.03. The number of aromatic nitrogens is 1. The molecule has 0 spiro atoms. The van der Waals surface area contributed by atoms with Gasteiger partial charge in [-0.25, -0.2) is 0 Å². The Morgan fingerprint density at radius 3 is 2.24 bits per heavy atom. The third-order valence-electron chi connectivity index (χ3n) is 7.84. The van der Waals surface area contributed by atoms with Gasteiger partial charge in [-0.2, -0.15) is 0 Å². The highest BCUT2D eigenvalue weighted by Gasteiger charge is 2.37. The molecule has 1 aliphatic carbocycles. The van der Waals surface area contributed by atoms with Crippen molar-refractivity contribution in [3.8, 4) is 11.3 Å². The Morgan fingerprint density at radius 2 is 1.61 bits per heavy atom. The molecule has 1 aromatic heterocycles. The maximum Gasteiger partial charge on any atom is 0.250 e. The number of primary amides is 1. The minimum absolute atomic E-state index is 0.138. The quantitative estimate of drug-likeness (QED) is 0.434. The van der Waals surface area contributed by atoms with Crippen molar-refractivity contribution in [3.05, 3.63) is 82.5 Å². The minimum atomic E-state index is -0.359. The van der Waals surface area contributed by atoms with Crippen LogP contribution in [0.15, 0.2) is 54.6 Å². The van der Waals surface area contributed by atoms with Crippen molar-refractivity contribution in [2.24, 2.45) is 5.73 Å². The van der Waals surface area contributed by atoms with Crippen molar-refractivity contribution in [2.45, 2.75) is 84.1 Å². The molecule has 1 atom stereocenters. The first kappa shape index (κ1) is 23.4. The molecule has 0 fully saturated rings. The average Bonchev–Trinajstić information content (AvgIpc) is 3.13. The van der Waals surface area contributed by atoms with E-state index >= 15 is 0 Å². The number of hydrogen-bond donors (Lipinski definition) is 1. The van der Waals surface area contributed by atoms with E-state index in [4.69, 9.17) is 5.73 Å². The van der Waals surface area contributed by atoms with E-state index in [0.717, 1.165) is 24.2 Å². The van der Waals surface area contributed by atoms with E-state index in [1.807, 2.05) is 13.0 Å². The molecule has 0 aliphatic heterocycles. The third-order valence-corrected chi connectivity index (χ3v) is 7.84. The van der Waals surface area contributed by atoms with Crippen LogP contribution in [0.5, 0.6) is 0 Å². The molecule has 1 heterocycles. The van der Waals surface area contributed by atoms with E-state index in [9.17, 15) is 4.79 Å². The Balaban J connectivity index is 1.78. The van der Waals surface area contributed by atoms with Crippen LogP contribution in [-0.2, 0) is 17.3 Å². The summed E-state index contributed by atoms with van der Waals surface area (Å²) in [7, 11) is 0. The number of aryl methyl sites for hydroxylation is 1. The van der Waals surface area contributed by atoms with Gasteiger partial charge < -0.3 is 10.3 Å². The van der Waals surface area contributed by atoms with Crippen molar-refractivity contribution < 1.29 is 4.79 Å². The van der Waals surface area contributed by atoms with Crippen LogP contribution in [0.4, 0.5) is 0 Å². The van der Waals surface area contributed by atoms with Crippen LogP contribution in [0, 0.1) is 6.92 Å². The molecule has 0 saturated carbocycles. The largest absolute Gasteiger partial charge is 0.366 e. The first-order valence-electron chi connectivity index (χ1n) is 12.2. The van der Waals surface area contributed by atoms with Gasteiger partial charge in [-0.15, -0.1) is 0 Å². The Hall–Kier alpha value is -2.81. The highest BCUT2D eigenvalue weighted by molar-refractivity contribution is 5.95. The SMILES string of the molecule is Cc1c(C(N)=O)cc(-c2ccc3c(c2)C(C)(C)CCC3(C)C)n1C(C)CCc1ccccc1. The lowest BCUT2D eigenvalue weighted by Crippen LogP contribution is -2.33. The standard InChI is InChI=1S/C30H38N2O/c1-20(12-13-22-10-8-7-9-11-22)32-21(2)24(28(31)33)19-27(32)23-14-15-25-26(18-23)30(5,6)17-16-29(25,3)4/h7-11,14-15,18-20H,12-13,16-17H2,1-6H3,(H2,31,33). The molecule has 33 heavy (non-hydrogen) atoms. The van der Waals surface area contributed by atoms with Gasteiger partial charge in [0.05, 0.1) is 5.56 Å². The van der Waals surface area contributed by atoms with Gasteiger partial charge in [0, 0.05) is 17.4 Å². The van der Waals surface area contributed by atoms with Crippen LogP contribution < -0.4 is 5.73 Å². The topological polar surface area (TPSA) is 48.0 Å². The van der Waals surface area contributed by atoms with E-state index in [-0.39, 0.29) is 22.8 Å². The molecule has 0 bridgehead atoms. The van der Waals surface area contributed by atoms with Crippen molar-refractivity contribution in [3.63, 3.8) is 0 Å². The maximum absolute atomic E-state index is 12.3. The molecule has 4 rings (SSSR count). The second-order valence-electron chi connectivity index (χ2n) is 11.2. The van der Waals surface area contributed by atoms with Crippen LogP contribution in [0.25, 0.3) is 11.3 Å². The fourth-order valence-corrected chi connectivity index (χ4v) is 5.56. The first-order valence-corrected chi connectivity index (χ1v) is 12.2. The van der Waals surface area contributed by atoms with Crippen LogP contribution >= 0.6 is 0 Å². The molecule has 0 saturated heterocycles. The molecule has 1 aliphatic rings. The van der Waals surface area contributed by atoms with E-state index in [1.54, 1.807) is 0 Å². The van der Waals surface area contributed by atoms with Crippen LogP contribution in [-0.4, -0.2) is 10.5 Å². The summed E-state index contributed by atoms with van der Waals surface area (Å²) in [6, 6.07) is 19.8. The van der Waals surface area contributed by atoms with E-state index in [2.05, 4.69) is 87.7 Å². The summed E-state index contributed by atoms with van der Waals surface area (Å²) in [6.07, 6.45) is 4.37. The fraction of sp³-hybridized carbons (Fsp3) is 0.433. The minimum Gasteiger partial charge on any atom is -0.366 e. The van der Waals surface area contributed by atoms with Crippen molar-refractivity contribution in [1.29, 1.82) is 0 Å². The average molecular weight is 443 g/mol. The van der Waals surface area contributed by atoms with Gasteiger partial charge in [0.15, 0.2) is 0 Å². The smallest absolute Gasteiger partial charge is 0.250 e. The Bertz CT molecular complexity index is 1170. The zero-order valence-corrected chi connectivity index (χ0v) is 21.0. The molecule has 3 nitrogen and oxygen atoms in total. The number of fused-ring (bicyclic) bond motifs is 1. The van der Waals surface area contributed by atoms with Gasteiger partial charge in [0.2, 0.25) is 0 Å². The number of hydrogen-bond acceptors (Lipinski definition) is 1.